The predicted octanol–water partition coefficient (Wildman–Crippen LogP) is 3.68. The topological polar surface area (TPSA) is 97.5 Å². The number of aromatic amines is 1. The van der Waals surface area contributed by atoms with E-state index in [4.69, 9.17) is 21.1 Å². The van der Waals surface area contributed by atoms with Crippen LogP contribution in [0.25, 0.3) is 10.8 Å². The highest BCUT2D eigenvalue weighted by atomic mass is 35.5. The van der Waals surface area contributed by atoms with E-state index >= 15 is 0 Å². The third kappa shape index (κ3) is 4.41. The standard InChI is InChI=1S/C21H19ClN2O5/c1-11-8-16(18(28-3)10-15(11)22)23-19(25)12(2)29-21(27)17-9-13-6-4-5-7-14(13)20(26)24-17/h4-10,12H,1-3H3,(H,23,25)(H,24,26)/t12-/m1/s1. The summed E-state index contributed by atoms with van der Waals surface area (Å²) in [5, 5.41) is 4.21. The number of pyridine rings is 1. The van der Waals surface area contributed by atoms with Crippen LogP contribution in [0.15, 0.2) is 47.3 Å². The number of aryl methyl sites for hydroxylation is 1. The van der Waals surface area contributed by atoms with Crippen LogP contribution in [-0.2, 0) is 9.53 Å². The van der Waals surface area contributed by atoms with E-state index in [9.17, 15) is 14.4 Å². The van der Waals surface area contributed by atoms with Crippen molar-refractivity contribution in [1.82, 2.24) is 4.98 Å². The smallest absolute Gasteiger partial charge is 0.355 e. The zero-order valence-electron chi connectivity index (χ0n) is 16.0. The number of hydrogen-bond acceptors (Lipinski definition) is 5. The van der Waals surface area contributed by atoms with Crippen LogP contribution in [0, 0.1) is 6.92 Å². The molecule has 150 valence electrons. The van der Waals surface area contributed by atoms with E-state index in [1.807, 2.05) is 0 Å². The zero-order chi connectivity index (χ0) is 21.1. The molecular weight excluding hydrogens is 396 g/mol. The third-order valence-electron chi connectivity index (χ3n) is 4.37. The number of halogens is 1. The summed E-state index contributed by atoms with van der Waals surface area (Å²) >= 11 is 6.06. The van der Waals surface area contributed by atoms with Crippen molar-refractivity contribution < 1.29 is 19.1 Å². The van der Waals surface area contributed by atoms with Gasteiger partial charge in [-0.15, -0.1) is 0 Å². The number of hydrogen-bond donors (Lipinski definition) is 2. The van der Waals surface area contributed by atoms with Crippen LogP contribution in [0.5, 0.6) is 5.75 Å². The fourth-order valence-corrected chi connectivity index (χ4v) is 2.92. The van der Waals surface area contributed by atoms with Gasteiger partial charge in [0.2, 0.25) is 0 Å². The van der Waals surface area contributed by atoms with E-state index in [0.29, 0.717) is 27.2 Å². The average Bonchev–Trinajstić information content (AvgIpc) is 2.70. The minimum Gasteiger partial charge on any atom is -0.495 e. The SMILES string of the molecule is COc1cc(Cl)c(C)cc1NC(=O)[C@@H](C)OC(=O)c1cc2ccccc2c(=O)[nH]1. The summed E-state index contributed by atoms with van der Waals surface area (Å²) in [6, 6.07) is 11.6. The molecule has 0 fully saturated rings. The van der Waals surface area contributed by atoms with Crippen LogP contribution < -0.4 is 15.6 Å². The van der Waals surface area contributed by atoms with Gasteiger partial charge in [-0.3, -0.25) is 9.59 Å². The molecule has 0 bridgehead atoms. The van der Waals surface area contributed by atoms with Crippen LogP contribution in [0.1, 0.15) is 23.0 Å². The summed E-state index contributed by atoms with van der Waals surface area (Å²) in [4.78, 5) is 39.5. The maximum absolute atomic E-state index is 12.5. The van der Waals surface area contributed by atoms with E-state index in [1.54, 1.807) is 43.3 Å². The quantitative estimate of drug-likeness (QED) is 0.620. The highest BCUT2D eigenvalue weighted by molar-refractivity contribution is 6.31. The minimum absolute atomic E-state index is 0.0340. The number of esters is 1. The van der Waals surface area contributed by atoms with E-state index < -0.39 is 23.5 Å². The van der Waals surface area contributed by atoms with Gasteiger partial charge in [-0.25, -0.2) is 4.79 Å². The Labute approximate surface area is 171 Å². The number of amides is 1. The second-order valence-electron chi connectivity index (χ2n) is 6.44. The van der Waals surface area contributed by atoms with Gasteiger partial charge >= 0.3 is 5.97 Å². The summed E-state index contributed by atoms with van der Waals surface area (Å²) < 4.78 is 10.4. The van der Waals surface area contributed by atoms with Crippen LogP contribution in [0.3, 0.4) is 0 Å². The average molecular weight is 415 g/mol. The van der Waals surface area contributed by atoms with Gasteiger partial charge in [0.1, 0.15) is 11.4 Å². The molecule has 0 saturated heterocycles. The Balaban J connectivity index is 1.75. The molecule has 0 radical (unpaired) electrons. The van der Waals surface area contributed by atoms with Crippen molar-refractivity contribution in [3.63, 3.8) is 0 Å². The molecule has 8 heteroatoms. The normalized spacial score (nSPS) is 11.7. The number of ether oxygens (including phenoxy) is 2. The maximum Gasteiger partial charge on any atom is 0.355 e. The van der Waals surface area contributed by atoms with Gasteiger partial charge in [-0.05, 0) is 43.0 Å². The first-order chi connectivity index (χ1) is 13.8. The molecule has 3 aromatic rings. The van der Waals surface area contributed by atoms with E-state index in [-0.39, 0.29) is 5.69 Å². The molecule has 1 atom stereocenters. The predicted molar refractivity (Wildman–Crippen MR) is 111 cm³/mol. The summed E-state index contributed by atoms with van der Waals surface area (Å²) in [6.45, 7) is 3.22. The molecule has 1 aromatic heterocycles. The van der Waals surface area contributed by atoms with E-state index in [2.05, 4.69) is 10.3 Å². The fourth-order valence-electron chi connectivity index (χ4n) is 2.76. The maximum atomic E-state index is 12.5. The molecule has 0 aliphatic rings. The molecule has 0 aliphatic heterocycles. The Morgan fingerprint density at radius 2 is 1.90 bits per heavy atom. The number of rotatable bonds is 5. The number of anilines is 1. The Morgan fingerprint density at radius 1 is 1.17 bits per heavy atom. The van der Waals surface area contributed by atoms with Gasteiger partial charge in [0.05, 0.1) is 12.8 Å². The lowest BCUT2D eigenvalue weighted by atomic mass is 10.1. The molecule has 0 unspecified atom stereocenters. The minimum atomic E-state index is -1.11. The molecule has 1 heterocycles. The highest BCUT2D eigenvalue weighted by Crippen LogP contribution is 2.31. The van der Waals surface area contributed by atoms with Gasteiger partial charge in [0.15, 0.2) is 6.10 Å². The summed E-state index contributed by atoms with van der Waals surface area (Å²) in [5.74, 6) is -0.984. The fraction of sp³-hybridized carbons (Fsp3) is 0.190. The van der Waals surface area contributed by atoms with Crippen molar-refractivity contribution in [3.05, 3.63) is 69.1 Å². The van der Waals surface area contributed by atoms with Gasteiger partial charge in [0, 0.05) is 16.5 Å². The molecule has 0 saturated carbocycles. The number of carbonyl (C=O) groups excluding carboxylic acids is 2. The van der Waals surface area contributed by atoms with E-state index in [1.165, 1.54) is 20.1 Å². The summed E-state index contributed by atoms with van der Waals surface area (Å²) in [7, 11) is 1.45. The van der Waals surface area contributed by atoms with Crippen LogP contribution >= 0.6 is 11.6 Å². The first-order valence-corrected chi connectivity index (χ1v) is 9.16. The lowest BCUT2D eigenvalue weighted by Gasteiger charge is -2.16. The number of aromatic nitrogens is 1. The number of methoxy groups -OCH3 is 1. The van der Waals surface area contributed by atoms with Gasteiger partial charge in [0.25, 0.3) is 11.5 Å². The summed E-state index contributed by atoms with van der Waals surface area (Å²) in [6.07, 6.45) is -1.11. The Kier molecular flexibility index (Phi) is 5.89. The lowest BCUT2D eigenvalue weighted by molar-refractivity contribution is -0.123. The Hall–Kier alpha value is -3.32. The zero-order valence-corrected chi connectivity index (χ0v) is 16.8. The van der Waals surface area contributed by atoms with E-state index in [0.717, 1.165) is 5.56 Å². The first kappa shape index (κ1) is 20.4. The second kappa shape index (κ2) is 8.36. The third-order valence-corrected chi connectivity index (χ3v) is 4.77. The van der Waals surface area contributed by atoms with Crippen molar-refractivity contribution in [2.24, 2.45) is 0 Å². The van der Waals surface area contributed by atoms with Crippen LogP contribution in [0.2, 0.25) is 5.02 Å². The van der Waals surface area contributed by atoms with Crippen molar-refractivity contribution >= 4 is 39.9 Å². The van der Waals surface area contributed by atoms with Gasteiger partial charge in [-0.1, -0.05) is 29.8 Å². The van der Waals surface area contributed by atoms with Crippen molar-refractivity contribution in [3.8, 4) is 5.75 Å². The van der Waals surface area contributed by atoms with Crippen molar-refractivity contribution in [2.75, 3.05) is 12.4 Å². The molecule has 1 amide bonds. The van der Waals surface area contributed by atoms with Crippen molar-refractivity contribution in [1.29, 1.82) is 0 Å². The number of carbonyl (C=O) groups is 2. The molecule has 2 N–H and O–H groups in total. The van der Waals surface area contributed by atoms with Crippen LogP contribution in [0.4, 0.5) is 5.69 Å². The highest BCUT2D eigenvalue weighted by Gasteiger charge is 2.21. The number of benzene rings is 2. The molecule has 3 rings (SSSR count). The van der Waals surface area contributed by atoms with Crippen LogP contribution in [-0.4, -0.2) is 30.1 Å². The van der Waals surface area contributed by atoms with Gasteiger partial charge < -0.3 is 19.8 Å². The largest absolute Gasteiger partial charge is 0.495 e. The number of fused-ring (bicyclic) bond motifs is 1. The molecule has 7 nitrogen and oxygen atoms in total. The molecule has 0 aliphatic carbocycles. The second-order valence-corrected chi connectivity index (χ2v) is 6.85. The molecule has 29 heavy (non-hydrogen) atoms. The molecule has 2 aromatic carbocycles. The molecular formula is C21H19ClN2O5. The molecule has 0 spiro atoms. The number of nitrogens with one attached hydrogen (secondary N) is 2. The lowest BCUT2D eigenvalue weighted by Crippen LogP contribution is -2.31. The Bertz CT molecular complexity index is 1160. The summed E-state index contributed by atoms with van der Waals surface area (Å²) in [5.41, 5.74) is 0.712. The number of H-pyrrole nitrogens is 1. The Morgan fingerprint density at radius 3 is 2.62 bits per heavy atom. The van der Waals surface area contributed by atoms with Gasteiger partial charge in [-0.2, -0.15) is 0 Å². The first-order valence-electron chi connectivity index (χ1n) is 8.78. The van der Waals surface area contributed by atoms with Crippen molar-refractivity contribution in [2.45, 2.75) is 20.0 Å². The monoisotopic (exact) mass is 414 g/mol.